The van der Waals surface area contributed by atoms with E-state index >= 15 is 0 Å². The van der Waals surface area contributed by atoms with Crippen LogP contribution in [-0.2, 0) is 17.7 Å². The predicted molar refractivity (Wildman–Crippen MR) is 132 cm³/mol. The molecule has 0 amide bonds. The number of H-pyrrole nitrogens is 1. The van der Waals surface area contributed by atoms with Crippen LogP contribution >= 0.6 is 0 Å². The molecular weight excluding hydrogens is 446 g/mol. The van der Waals surface area contributed by atoms with Crippen molar-refractivity contribution in [2.24, 2.45) is 10.2 Å². The molecule has 35 heavy (non-hydrogen) atoms. The summed E-state index contributed by atoms with van der Waals surface area (Å²) in [6.07, 6.45) is 2.67. The van der Waals surface area contributed by atoms with E-state index in [1.807, 2.05) is 47.5 Å². The molecule has 0 radical (unpaired) electrons. The van der Waals surface area contributed by atoms with E-state index in [1.165, 1.54) is 5.56 Å². The fourth-order valence-electron chi connectivity index (χ4n) is 3.84. The Balaban J connectivity index is 1.32. The third-order valence-corrected chi connectivity index (χ3v) is 5.73. The van der Waals surface area contributed by atoms with Crippen LogP contribution in [0.4, 0.5) is 11.9 Å². The molecule has 10 nitrogen and oxygen atoms in total. The first-order valence-electron chi connectivity index (χ1n) is 11.6. The zero-order chi connectivity index (χ0) is 23.9. The number of hydrogen-bond acceptors (Lipinski definition) is 9. The summed E-state index contributed by atoms with van der Waals surface area (Å²) in [6, 6.07) is 16.3. The second-order valence-corrected chi connectivity index (χ2v) is 8.03. The fourth-order valence-corrected chi connectivity index (χ4v) is 3.84. The number of morpholine rings is 1. The number of ether oxygens (including phenoxy) is 3. The number of azo groups is 1. The van der Waals surface area contributed by atoms with Gasteiger partial charge in [0.2, 0.25) is 5.95 Å². The predicted octanol–water partition coefficient (Wildman–Crippen LogP) is 4.10. The van der Waals surface area contributed by atoms with Crippen molar-refractivity contribution < 1.29 is 14.2 Å². The van der Waals surface area contributed by atoms with Gasteiger partial charge < -0.3 is 24.1 Å². The summed E-state index contributed by atoms with van der Waals surface area (Å²) in [5.41, 5.74) is 3.20. The van der Waals surface area contributed by atoms with Gasteiger partial charge in [0, 0.05) is 42.2 Å². The number of hydrogen-bond donors (Lipinski definition) is 1. The van der Waals surface area contributed by atoms with E-state index in [0.717, 1.165) is 28.6 Å². The highest BCUT2D eigenvalue weighted by Crippen LogP contribution is 2.25. The third kappa shape index (κ3) is 5.72. The van der Waals surface area contributed by atoms with Crippen LogP contribution in [0, 0.1) is 0 Å². The van der Waals surface area contributed by atoms with Crippen LogP contribution in [0.25, 0.3) is 10.9 Å². The summed E-state index contributed by atoms with van der Waals surface area (Å²) in [5.74, 6) is 1.53. The SMILES string of the molecule is COc1ccc2[nH]cc(CN=Nc3nc(OCCc4ccccc4)nc(N4CCOCC4)n3)c2c1. The van der Waals surface area contributed by atoms with Gasteiger partial charge in [-0.15, -0.1) is 5.11 Å². The fraction of sp³-hybridized carbons (Fsp3) is 0.320. The summed E-state index contributed by atoms with van der Waals surface area (Å²) < 4.78 is 16.7. The van der Waals surface area contributed by atoms with Gasteiger partial charge in [-0.05, 0) is 23.8 Å². The Morgan fingerprint density at radius 3 is 2.74 bits per heavy atom. The second-order valence-electron chi connectivity index (χ2n) is 8.03. The average Bonchev–Trinajstić information content (AvgIpc) is 3.32. The van der Waals surface area contributed by atoms with E-state index in [4.69, 9.17) is 14.2 Å². The number of methoxy groups -OCH3 is 1. The zero-order valence-electron chi connectivity index (χ0n) is 19.6. The van der Waals surface area contributed by atoms with Crippen LogP contribution in [0.1, 0.15) is 11.1 Å². The largest absolute Gasteiger partial charge is 0.497 e. The molecule has 0 unspecified atom stereocenters. The number of anilines is 1. The molecule has 1 saturated heterocycles. The zero-order valence-corrected chi connectivity index (χ0v) is 19.6. The number of aromatic nitrogens is 4. The highest BCUT2D eigenvalue weighted by molar-refractivity contribution is 5.84. The second kappa shape index (κ2) is 10.9. The van der Waals surface area contributed by atoms with E-state index in [-0.39, 0.29) is 12.0 Å². The quantitative estimate of drug-likeness (QED) is 0.364. The van der Waals surface area contributed by atoms with Gasteiger partial charge in [0.25, 0.3) is 5.95 Å². The van der Waals surface area contributed by atoms with Crippen molar-refractivity contribution in [1.82, 2.24) is 19.9 Å². The van der Waals surface area contributed by atoms with Crippen LogP contribution in [0.3, 0.4) is 0 Å². The van der Waals surface area contributed by atoms with Gasteiger partial charge in [0.05, 0.1) is 33.5 Å². The van der Waals surface area contributed by atoms with Crippen molar-refractivity contribution in [3.8, 4) is 11.8 Å². The highest BCUT2D eigenvalue weighted by atomic mass is 16.5. The Morgan fingerprint density at radius 2 is 1.91 bits per heavy atom. The molecule has 180 valence electrons. The standard InChI is InChI=1S/C25H27N7O3/c1-33-20-7-8-22-21(15-20)19(16-26-22)17-27-31-23-28-24(32-10-13-34-14-11-32)30-25(29-23)35-12-9-18-5-3-2-4-6-18/h2-8,15-16,26H,9-14,17H2,1H3. The smallest absolute Gasteiger partial charge is 0.323 e. The van der Waals surface area contributed by atoms with E-state index < -0.39 is 0 Å². The van der Waals surface area contributed by atoms with E-state index in [2.05, 4.69) is 42.3 Å². The molecule has 3 heterocycles. The summed E-state index contributed by atoms with van der Waals surface area (Å²) in [7, 11) is 1.65. The molecule has 0 bridgehead atoms. The molecule has 0 spiro atoms. The minimum atomic E-state index is 0.216. The molecule has 5 rings (SSSR count). The Kier molecular flexibility index (Phi) is 7.09. The maximum Gasteiger partial charge on any atom is 0.323 e. The van der Waals surface area contributed by atoms with Crippen LogP contribution in [0.5, 0.6) is 11.8 Å². The lowest BCUT2D eigenvalue weighted by Gasteiger charge is -2.26. The summed E-state index contributed by atoms with van der Waals surface area (Å²) >= 11 is 0. The summed E-state index contributed by atoms with van der Waals surface area (Å²) in [5, 5.41) is 9.69. The van der Waals surface area contributed by atoms with Gasteiger partial charge in [0.1, 0.15) is 5.75 Å². The number of aromatic amines is 1. The van der Waals surface area contributed by atoms with Gasteiger partial charge in [-0.3, -0.25) is 0 Å². The molecular formula is C25H27N7O3. The van der Waals surface area contributed by atoms with Crippen LogP contribution < -0.4 is 14.4 Å². The number of rotatable bonds is 9. The number of nitrogens with one attached hydrogen (secondary N) is 1. The summed E-state index contributed by atoms with van der Waals surface area (Å²) in [6.45, 7) is 3.45. The molecule has 0 saturated carbocycles. The molecule has 1 N–H and O–H groups in total. The topological polar surface area (TPSA) is 110 Å². The van der Waals surface area contributed by atoms with Gasteiger partial charge in [-0.1, -0.05) is 30.3 Å². The molecule has 1 fully saturated rings. The molecule has 10 heteroatoms. The minimum absolute atomic E-state index is 0.216. The highest BCUT2D eigenvalue weighted by Gasteiger charge is 2.17. The van der Waals surface area contributed by atoms with Gasteiger partial charge >= 0.3 is 6.01 Å². The van der Waals surface area contributed by atoms with E-state index in [0.29, 0.717) is 45.4 Å². The molecule has 0 aliphatic carbocycles. The van der Waals surface area contributed by atoms with Crippen LogP contribution in [0.2, 0.25) is 0 Å². The maximum absolute atomic E-state index is 5.88. The van der Waals surface area contributed by atoms with Gasteiger partial charge in [-0.2, -0.15) is 20.1 Å². The molecule has 1 aliphatic heterocycles. The Hall–Kier alpha value is -4.05. The van der Waals surface area contributed by atoms with E-state index in [1.54, 1.807) is 7.11 Å². The lowest BCUT2D eigenvalue weighted by atomic mass is 10.1. The first-order valence-corrected chi connectivity index (χ1v) is 11.6. The number of fused-ring (bicyclic) bond motifs is 1. The lowest BCUT2D eigenvalue weighted by Crippen LogP contribution is -2.37. The van der Waals surface area contributed by atoms with Crippen LogP contribution in [0.15, 0.2) is 65.0 Å². The van der Waals surface area contributed by atoms with Crippen LogP contribution in [-0.4, -0.2) is 60.0 Å². The number of benzene rings is 2. The molecule has 2 aromatic heterocycles. The third-order valence-electron chi connectivity index (χ3n) is 5.73. The summed E-state index contributed by atoms with van der Waals surface area (Å²) in [4.78, 5) is 18.7. The Labute approximate surface area is 203 Å². The lowest BCUT2D eigenvalue weighted by molar-refractivity contribution is 0.122. The Bertz CT molecular complexity index is 1290. The molecule has 4 aromatic rings. The first-order chi connectivity index (χ1) is 17.3. The number of nitrogens with zero attached hydrogens (tertiary/aromatic N) is 6. The first kappa shape index (κ1) is 22.7. The van der Waals surface area contributed by atoms with Crippen molar-refractivity contribution in [2.75, 3.05) is 44.9 Å². The van der Waals surface area contributed by atoms with Gasteiger partial charge in [-0.25, -0.2) is 0 Å². The molecule has 2 aromatic carbocycles. The van der Waals surface area contributed by atoms with Crippen molar-refractivity contribution >= 4 is 22.8 Å². The van der Waals surface area contributed by atoms with Crippen molar-refractivity contribution in [2.45, 2.75) is 13.0 Å². The normalized spacial score (nSPS) is 14.0. The van der Waals surface area contributed by atoms with Gasteiger partial charge in [0.15, 0.2) is 0 Å². The maximum atomic E-state index is 5.88. The van der Waals surface area contributed by atoms with Crippen molar-refractivity contribution in [1.29, 1.82) is 0 Å². The molecule has 0 atom stereocenters. The monoisotopic (exact) mass is 473 g/mol. The van der Waals surface area contributed by atoms with Crippen molar-refractivity contribution in [3.63, 3.8) is 0 Å². The molecule has 1 aliphatic rings. The minimum Gasteiger partial charge on any atom is -0.497 e. The Morgan fingerprint density at radius 1 is 1.06 bits per heavy atom. The van der Waals surface area contributed by atoms with E-state index in [9.17, 15) is 0 Å². The average molecular weight is 474 g/mol. The van der Waals surface area contributed by atoms with Crippen molar-refractivity contribution in [3.05, 3.63) is 65.9 Å².